The van der Waals surface area contributed by atoms with Crippen molar-refractivity contribution in [2.45, 2.75) is 50.9 Å². The van der Waals surface area contributed by atoms with Gasteiger partial charge in [0, 0.05) is 52.8 Å². The van der Waals surface area contributed by atoms with Crippen molar-refractivity contribution in [1.82, 2.24) is 15.1 Å². The minimum Gasteiger partial charge on any atom is -0.391 e. The largest absolute Gasteiger partial charge is 0.391 e. The summed E-state index contributed by atoms with van der Waals surface area (Å²) in [4.78, 5) is 16.2. The van der Waals surface area contributed by atoms with Crippen molar-refractivity contribution in [3.05, 3.63) is 0 Å². The predicted molar refractivity (Wildman–Crippen MR) is 88.0 cm³/mol. The van der Waals surface area contributed by atoms with Crippen LogP contribution < -0.4 is 5.32 Å². The molecule has 2 N–H and O–H groups in total. The second-order valence-corrected chi connectivity index (χ2v) is 7.34. The van der Waals surface area contributed by atoms with Crippen LogP contribution in [0.2, 0.25) is 0 Å². The highest BCUT2D eigenvalue weighted by Crippen LogP contribution is 2.53. The van der Waals surface area contributed by atoms with E-state index in [1.807, 2.05) is 4.90 Å². The van der Waals surface area contributed by atoms with Crippen LogP contribution in [0.4, 0.5) is 0 Å². The van der Waals surface area contributed by atoms with Crippen LogP contribution in [0.5, 0.6) is 0 Å². The molecule has 0 aromatic rings. The van der Waals surface area contributed by atoms with Crippen molar-refractivity contribution in [2.24, 2.45) is 5.41 Å². The molecule has 6 nitrogen and oxygen atoms in total. The van der Waals surface area contributed by atoms with Crippen molar-refractivity contribution in [1.29, 1.82) is 0 Å². The molecule has 3 aliphatic rings. The smallest absolute Gasteiger partial charge is 0.223 e. The van der Waals surface area contributed by atoms with Gasteiger partial charge in [0.1, 0.15) is 6.23 Å². The van der Waals surface area contributed by atoms with E-state index in [4.69, 9.17) is 4.74 Å². The van der Waals surface area contributed by atoms with Gasteiger partial charge in [-0.2, -0.15) is 0 Å². The molecule has 2 atom stereocenters. The molecular formula is C17H31N3O3. The molecule has 1 saturated carbocycles. The number of carbonyl (C=O) groups excluding carboxylic acids is 1. The minimum absolute atomic E-state index is 0.0564. The van der Waals surface area contributed by atoms with Gasteiger partial charge in [0.25, 0.3) is 0 Å². The Morgan fingerprint density at radius 1 is 1.35 bits per heavy atom. The Labute approximate surface area is 139 Å². The summed E-state index contributed by atoms with van der Waals surface area (Å²) >= 11 is 0. The summed E-state index contributed by atoms with van der Waals surface area (Å²) in [5.41, 5.74) is 0.236. The summed E-state index contributed by atoms with van der Waals surface area (Å²) < 4.78 is 5.67. The molecule has 23 heavy (non-hydrogen) atoms. The summed E-state index contributed by atoms with van der Waals surface area (Å²) in [5, 5.41) is 13.6. The zero-order valence-corrected chi connectivity index (χ0v) is 14.3. The van der Waals surface area contributed by atoms with Gasteiger partial charge in [0.05, 0.1) is 6.10 Å². The van der Waals surface area contributed by atoms with Crippen LogP contribution in [0.25, 0.3) is 0 Å². The summed E-state index contributed by atoms with van der Waals surface area (Å²) in [6, 6.07) is 0. The van der Waals surface area contributed by atoms with E-state index >= 15 is 0 Å². The number of rotatable bonds is 6. The highest BCUT2D eigenvalue weighted by Gasteiger charge is 2.51. The number of nitrogens with zero attached hydrogens (tertiary/aromatic N) is 2. The number of carbonyl (C=O) groups is 1. The van der Waals surface area contributed by atoms with E-state index in [-0.39, 0.29) is 23.7 Å². The third-order valence-electron chi connectivity index (χ3n) is 5.89. The van der Waals surface area contributed by atoms with Crippen molar-refractivity contribution in [2.75, 3.05) is 46.4 Å². The lowest BCUT2D eigenvalue weighted by Gasteiger charge is -2.40. The fourth-order valence-corrected chi connectivity index (χ4v) is 4.01. The van der Waals surface area contributed by atoms with E-state index in [1.54, 1.807) is 7.11 Å². The van der Waals surface area contributed by atoms with Crippen LogP contribution in [0.3, 0.4) is 0 Å². The van der Waals surface area contributed by atoms with Crippen LogP contribution in [0.15, 0.2) is 0 Å². The Morgan fingerprint density at radius 2 is 2.17 bits per heavy atom. The molecule has 1 amide bonds. The van der Waals surface area contributed by atoms with Gasteiger partial charge in [0.2, 0.25) is 5.91 Å². The molecule has 0 bridgehead atoms. The third kappa shape index (κ3) is 4.05. The molecular weight excluding hydrogens is 294 g/mol. The van der Waals surface area contributed by atoms with Crippen molar-refractivity contribution in [3.8, 4) is 0 Å². The van der Waals surface area contributed by atoms with Crippen molar-refractivity contribution >= 4 is 5.91 Å². The predicted octanol–water partition coefficient (Wildman–Crippen LogP) is 0.408. The number of aliphatic hydroxyl groups is 1. The average Bonchev–Trinajstić information content (AvgIpc) is 3.34. The number of nitrogens with one attached hydrogen (secondary N) is 1. The standard InChI is InChI=1S/C17H31N3O3/c1-23-16(20-11-7-17(5-6-17)14(21)13-20)3-2-10-19-12-9-18-8-4-15(19)22/h14,16,18,21H,2-13H2,1H3/t14-,16?/m1/s1. The minimum atomic E-state index is -0.202. The quantitative estimate of drug-likeness (QED) is 0.740. The highest BCUT2D eigenvalue weighted by molar-refractivity contribution is 5.76. The van der Waals surface area contributed by atoms with Gasteiger partial charge in [-0.3, -0.25) is 9.69 Å². The molecule has 1 unspecified atom stereocenters. The topological polar surface area (TPSA) is 65.0 Å². The number of hydrogen-bond acceptors (Lipinski definition) is 5. The molecule has 2 aliphatic heterocycles. The number of β-amino-alcohol motifs (C(OH)–C–C–N with tert-alkyl or cyclic N) is 1. The van der Waals surface area contributed by atoms with Crippen molar-refractivity contribution in [3.63, 3.8) is 0 Å². The number of ether oxygens (including phenoxy) is 1. The maximum Gasteiger partial charge on any atom is 0.223 e. The van der Waals surface area contributed by atoms with Crippen LogP contribution in [-0.4, -0.2) is 79.5 Å². The second-order valence-electron chi connectivity index (χ2n) is 7.34. The normalized spacial score (nSPS) is 29.6. The number of likely N-dealkylation sites (tertiary alicyclic amines) is 1. The van der Waals surface area contributed by atoms with Gasteiger partial charge in [0.15, 0.2) is 0 Å². The van der Waals surface area contributed by atoms with E-state index in [2.05, 4.69) is 10.2 Å². The molecule has 6 heteroatoms. The molecule has 1 aliphatic carbocycles. The van der Waals surface area contributed by atoms with Crippen LogP contribution in [-0.2, 0) is 9.53 Å². The summed E-state index contributed by atoms with van der Waals surface area (Å²) in [6.07, 6.45) is 5.77. The fourth-order valence-electron chi connectivity index (χ4n) is 4.01. The van der Waals surface area contributed by atoms with Gasteiger partial charge < -0.3 is 20.1 Å². The van der Waals surface area contributed by atoms with Crippen LogP contribution >= 0.6 is 0 Å². The third-order valence-corrected chi connectivity index (χ3v) is 5.89. The first-order valence-electron chi connectivity index (χ1n) is 9.08. The first-order valence-corrected chi connectivity index (χ1v) is 9.08. The molecule has 0 aromatic heterocycles. The molecule has 1 spiro atoms. The Bertz CT molecular complexity index is 414. The summed E-state index contributed by atoms with van der Waals surface area (Å²) in [6.45, 7) is 5.04. The van der Waals surface area contributed by atoms with Crippen molar-refractivity contribution < 1.29 is 14.6 Å². The monoisotopic (exact) mass is 325 g/mol. The molecule has 132 valence electrons. The number of aliphatic hydroxyl groups excluding tert-OH is 1. The number of methoxy groups -OCH3 is 1. The zero-order chi connectivity index (χ0) is 16.3. The maximum absolute atomic E-state index is 12.0. The van der Waals surface area contributed by atoms with E-state index in [0.717, 1.165) is 58.5 Å². The highest BCUT2D eigenvalue weighted by atomic mass is 16.5. The molecule has 3 fully saturated rings. The molecule has 2 saturated heterocycles. The Balaban J connectivity index is 1.43. The van der Waals surface area contributed by atoms with Crippen LogP contribution in [0, 0.1) is 5.41 Å². The Hall–Kier alpha value is -0.690. The van der Waals surface area contributed by atoms with Gasteiger partial charge >= 0.3 is 0 Å². The Kier molecular flexibility index (Phi) is 5.57. The van der Waals surface area contributed by atoms with Crippen LogP contribution in [0.1, 0.15) is 38.5 Å². The SMILES string of the molecule is COC(CCCN1CCNCCC1=O)N1CCC2(CC2)[C@H](O)C1. The van der Waals surface area contributed by atoms with Gasteiger partial charge in [-0.1, -0.05) is 0 Å². The van der Waals surface area contributed by atoms with E-state index < -0.39 is 0 Å². The van der Waals surface area contributed by atoms with Gasteiger partial charge in [-0.05, 0) is 37.5 Å². The molecule has 2 heterocycles. The van der Waals surface area contributed by atoms with Gasteiger partial charge in [-0.15, -0.1) is 0 Å². The fraction of sp³-hybridized carbons (Fsp3) is 0.941. The molecule has 3 rings (SSSR count). The second kappa shape index (κ2) is 7.47. The lowest BCUT2D eigenvalue weighted by Crippen LogP contribution is -2.50. The zero-order valence-electron chi connectivity index (χ0n) is 14.3. The number of hydrogen-bond donors (Lipinski definition) is 2. The molecule has 0 radical (unpaired) electrons. The lowest BCUT2D eigenvalue weighted by atomic mass is 9.90. The van der Waals surface area contributed by atoms with E-state index in [9.17, 15) is 9.90 Å². The summed E-state index contributed by atoms with van der Waals surface area (Å²) in [7, 11) is 1.75. The van der Waals surface area contributed by atoms with E-state index in [1.165, 1.54) is 12.8 Å². The Morgan fingerprint density at radius 3 is 2.87 bits per heavy atom. The molecule has 0 aromatic carbocycles. The maximum atomic E-state index is 12.0. The number of amides is 1. The van der Waals surface area contributed by atoms with Gasteiger partial charge in [-0.25, -0.2) is 0 Å². The van der Waals surface area contributed by atoms with E-state index in [0.29, 0.717) is 6.42 Å². The lowest BCUT2D eigenvalue weighted by molar-refractivity contribution is -0.130. The summed E-state index contributed by atoms with van der Waals surface area (Å²) in [5.74, 6) is 0.257. The number of piperidine rings is 1. The first kappa shape index (κ1) is 17.1. The first-order chi connectivity index (χ1) is 11.1. The average molecular weight is 325 g/mol.